The lowest BCUT2D eigenvalue weighted by Gasteiger charge is -2.29. The standard InChI is InChI=1S/C28H31N5O5S.C2HF3O2/c1-17(19-8-6-5-7-9-19)24(25(35)31-27-29-22(16-39-27)18(2)34)33-26(36)23(30-28(33)37)20-10-12-21(13-11-20)38-15-14-32(3)4;3-2(4,5)1(6)7/h5-13,16-17,23-24H,14-15H2,1-4H3,(H,30,37)(H,29,31,35);(H,6,7)/t17-,23+,24-;/m0./s1. The number of likely N-dealkylation sites (N-methyl/N-ethyl adjacent to an activating group) is 1. The van der Waals surface area contributed by atoms with Gasteiger partial charge in [0.15, 0.2) is 10.9 Å². The number of carboxylic acid groups (broad SMARTS) is 1. The summed E-state index contributed by atoms with van der Waals surface area (Å²) in [5.41, 5.74) is 1.59. The summed E-state index contributed by atoms with van der Waals surface area (Å²) in [7, 11) is 3.91. The van der Waals surface area contributed by atoms with E-state index < -0.39 is 48.0 Å². The molecule has 1 saturated heterocycles. The maximum Gasteiger partial charge on any atom is 0.490 e. The predicted octanol–water partition coefficient (Wildman–Crippen LogP) is 4.32. The molecule has 3 N–H and O–H groups in total. The quantitative estimate of drug-likeness (QED) is 0.201. The van der Waals surface area contributed by atoms with Gasteiger partial charge in [0.25, 0.3) is 5.91 Å². The van der Waals surface area contributed by atoms with Crippen molar-refractivity contribution in [1.29, 1.82) is 0 Å². The number of rotatable bonds is 11. The van der Waals surface area contributed by atoms with Crippen LogP contribution in [0.5, 0.6) is 5.75 Å². The number of carbonyl (C=O) groups excluding carboxylic acids is 4. The van der Waals surface area contributed by atoms with E-state index in [-0.39, 0.29) is 16.6 Å². The Morgan fingerprint density at radius 2 is 1.72 bits per heavy atom. The summed E-state index contributed by atoms with van der Waals surface area (Å²) in [6.07, 6.45) is -5.08. The van der Waals surface area contributed by atoms with Gasteiger partial charge < -0.3 is 25.4 Å². The van der Waals surface area contributed by atoms with Crippen LogP contribution >= 0.6 is 11.3 Å². The first kappa shape index (κ1) is 35.6. The fourth-order valence-electron chi connectivity index (χ4n) is 4.26. The number of nitrogens with zero attached hydrogens (tertiary/aromatic N) is 3. The largest absolute Gasteiger partial charge is 0.492 e. The molecule has 0 unspecified atom stereocenters. The Labute approximate surface area is 266 Å². The third kappa shape index (κ3) is 9.34. The highest BCUT2D eigenvalue weighted by molar-refractivity contribution is 7.14. The summed E-state index contributed by atoms with van der Waals surface area (Å²) in [6.45, 7) is 4.45. The number of anilines is 1. The Morgan fingerprint density at radius 3 is 2.24 bits per heavy atom. The van der Waals surface area contributed by atoms with E-state index in [2.05, 4.69) is 15.6 Å². The van der Waals surface area contributed by atoms with Crippen LogP contribution in [0, 0.1) is 0 Å². The molecule has 4 amide bonds. The fraction of sp³-hybridized carbons (Fsp3) is 0.333. The van der Waals surface area contributed by atoms with E-state index in [0.717, 1.165) is 28.3 Å². The average Bonchev–Trinajstić information content (AvgIpc) is 3.58. The van der Waals surface area contributed by atoms with Crippen molar-refractivity contribution in [3.8, 4) is 5.75 Å². The van der Waals surface area contributed by atoms with Gasteiger partial charge in [0.2, 0.25) is 5.91 Å². The van der Waals surface area contributed by atoms with Crippen molar-refractivity contribution in [2.75, 3.05) is 32.6 Å². The van der Waals surface area contributed by atoms with E-state index in [1.807, 2.05) is 49.3 Å². The van der Waals surface area contributed by atoms with Crippen molar-refractivity contribution >= 4 is 46.1 Å². The van der Waals surface area contributed by atoms with Gasteiger partial charge in [-0.25, -0.2) is 19.5 Å². The van der Waals surface area contributed by atoms with Crippen molar-refractivity contribution in [2.45, 2.75) is 38.0 Å². The number of aliphatic carboxylic acids is 1. The van der Waals surface area contributed by atoms with Crippen LogP contribution in [0.1, 0.15) is 47.4 Å². The first-order valence-corrected chi connectivity index (χ1v) is 14.6. The molecule has 2 heterocycles. The molecule has 0 aliphatic carbocycles. The van der Waals surface area contributed by atoms with E-state index in [1.54, 1.807) is 36.6 Å². The Hall–Kier alpha value is -4.83. The average molecular weight is 664 g/mol. The fourth-order valence-corrected chi connectivity index (χ4v) is 5.02. The zero-order chi connectivity index (χ0) is 34.2. The molecule has 4 rings (SSSR count). The number of carboxylic acids is 1. The maximum atomic E-state index is 13.6. The van der Waals surface area contributed by atoms with E-state index in [9.17, 15) is 32.3 Å². The number of thiazole rings is 1. The van der Waals surface area contributed by atoms with Crippen LogP contribution in [0.4, 0.5) is 23.1 Å². The van der Waals surface area contributed by atoms with E-state index >= 15 is 0 Å². The molecule has 2 aromatic carbocycles. The molecule has 3 aromatic rings. The Kier molecular flexibility index (Phi) is 12.0. The topological polar surface area (TPSA) is 158 Å². The first-order valence-electron chi connectivity index (χ1n) is 13.7. The maximum absolute atomic E-state index is 13.6. The lowest BCUT2D eigenvalue weighted by molar-refractivity contribution is -0.192. The number of carbonyl (C=O) groups is 5. The predicted molar refractivity (Wildman–Crippen MR) is 162 cm³/mol. The van der Waals surface area contributed by atoms with E-state index in [4.69, 9.17) is 14.6 Å². The molecule has 1 aliphatic rings. The van der Waals surface area contributed by atoms with Gasteiger partial charge in [-0.3, -0.25) is 14.4 Å². The summed E-state index contributed by atoms with van der Waals surface area (Å²) in [5.74, 6) is -3.98. The number of hydrogen-bond donors (Lipinski definition) is 3. The van der Waals surface area contributed by atoms with Crippen molar-refractivity contribution in [3.05, 3.63) is 76.8 Å². The summed E-state index contributed by atoms with van der Waals surface area (Å²) >= 11 is 1.10. The van der Waals surface area contributed by atoms with Crippen LogP contribution < -0.4 is 15.4 Å². The molecule has 0 radical (unpaired) electrons. The number of hydrogen-bond acceptors (Lipinski definition) is 9. The highest BCUT2D eigenvalue weighted by Gasteiger charge is 2.47. The lowest BCUT2D eigenvalue weighted by atomic mass is 9.91. The zero-order valence-electron chi connectivity index (χ0n) is 25.2. The number of ketones is 1. The number of ether oxygens (including phenoxy) is 1. The number of halogens is 3. The van der Waals surface area contributed by atoms with Gasteiger partial charge in [0, 0.05) is 24.8 Å². The van der Waals surface area contributed by atoms with Crippen LogP contribution in [0.3, 0.4) is 0 Å². The minimum absolute atomic E-state index is 0.212. The molecule has 1 fully saturated rings. The SMILES string of the molecule is CC(=O)c1csc(NC(=O)[C@H]([C@@H](C)c2ccccc2)N2C(=O)N[C@H](c3ccc(OCCN(C)C)cc3)C2=O)n1.O=C(O)C(F)(F)F. The number of amides is 4. The Bertz CT molecular complexity index is 1550. The Morgan fingerprint density at radius 1 is 1.11 bits per heavy atom. The highest BCUT2D eigenvalue weighted by atomic mass is 32.1. The second-order valence-corrected chi connectivity index (χ2v) is 11.2. The first-order chi connectivity index (χ1) is 21.6. The molecule has 0 spiro atoms. The number of urea groups is 1. The van der Waals surface area contributed by atoms with Crippen molar-refractivity contribution in [1.82, 2.24) is 20.1 Å². The minimum Gasteiger partial charge on any atom is -0.492 e. The molecule has 246 valence electrons. The summed E-state index contributed by atoms with van der Waals surface area (Å²) in [5, 5.41) is 14.3. The van der Waals surface area contributed by atoms with E-state index in [1.165, 1.54) is 6.92 Å². The van der Waals surface area contributed by atoms with Gasteiger partial charge in [-0.2, -0.15) is 13.2 Å². The Balaban J connectivity index is 0.000000738. The smallest absolute Gasteiger partial charge is 0.490 e. The van der Waals surface area contributed by atoms with Crippen LogP contribution in [0.2, 0.25) is 0 Å². The summed E-state index contributed by atoms with van der Waals surface area (Å²) in [6, 6.07) is 13.4. The molecule has 1 aliphatic heterocycles. The summed E-state index contributed by atoms with van der Waals surface area (Å²) < 4.78 is 37.5. The monoisotopic (exact) mass is 663 g/mol. The number of Topliss-reactive ketones (excluding diaryl/α,β-unsaturated/α-hetero) is 1. The second kappa shape index (κ2) is 15.4. The molecule has 16 heteroatoms. The number of alkyl halides is 3. The van der Waals surface area contributed by atoms with Crippen LogP contribution in [0.25, 0.3) is 0 Å². The summed E-state index contributed by atoms with van der Waals surface area (Å²) in [4.78, 5) is 68.1. The van der Waals surface area contributed by atoms with E-state index in [0.29, 0.717) is 17.9 Å². The second-order valence-electron chi connectivity index (χ2n) is 10.3. The van der Waals surface area contributed by atoms with Gasteiger partial charge in [-0.05, 0) is 37.4 Å². The normalized spacial score (nSPS) is 15.8. The van der Waals surface area contributed by atoms with Gasteiger partial charge in [0.05, 0.1) is 0 Å². The lowest BCUT2D eigenvalue weighted by Crippen LogP contribution is -2.50. The molecular formula is C30H32F3N5O7S. The molecule has 46 heavy (non-hydrogen) atoms. The van der Waals surface area contributed by atoms with Crippen molar-refractivity contribution < 1.29 is 47.0 Å². The number of benzene rings is 2. The van der Waals surface area contributed by atoms with Crippen LogP contribution in [0.15, 0.2) is 60.0 Å². The van der Waals surface area contributed by atoms with Crippen molar-refractivity contribution in [3.63, 3.8) is 0 Å². The zero-order valence-corrected chi connectivity index (χ0v) is 26.0. The highest BCUT2D eigenvalue weighted by Crippen LogP contribution is 2.32. The van der Waals surface area contributed by atoms with Gasteiger partial charge in [-0.1, -0.05) is 49.4 Å². The molecule has 3 atom stereocenters. The molecular weight excluding hydrogens is 631 g/mol. The third-order valence-corrected chi connectivity index (χ3v) is 7.43. The van der Waals surface area contributed by atoms with Crippen LogP contribution in [-0.2, 0) is 14.4 Å². The third-order valence-electron chi connectivity index (χ3n) is 6.67. The molecule has 12 nitrogen and oxygen atoms in total. The number of nitrogens with one attached hydrogen (secondary N) is 2. The molecule has 0 bridgehead atoms. The molecule has 0 saturated carbocycles. The minimum atomic E-state index is -5.08. The van der Waals surface area contributed by atoms with Gasteiger partial charge in [0.1, 0.15) is 30.1 Å². The number of imide groups is 1. The van der Waals surface area contributed by atoms with Crippen molar-refractivity contribution in [2.24, 2.45) is 0 Å². The van der Waals surface area contributed by atoms with Gasteiger partial charge in [-0.15, -0.1) is 11.3 Å². The molecule has 1 aromatic heterocycles. The van der Waals surface area contributed by atoms with Crippen LogP contribution in [-0.4, -0.2) is 89.0 Å². The van der Waals surface area contributed by atoms with Gasteiger partial charge >= 0.3 is 18.2 Å². The number of aromatic nitrogens is 1.